The zero-order valence-corrected chi connectivity index (χ0v) is 8.34. The highest BCUT2D eigenvalue weighted by Gasteiger charge is 1.92. The van der Waals surface area contributed by atoms with Gasteiger partial charge in [0, 0.05) is 5.71 Å². The third-order valence-electron chi connectivity index (χ3n) is 1.50. The first-order chi connectivity index (χ1) is 6.22. The number of hydrogen-bond donors (Lipinski definition) is 1. The van der Waals surface area contributed by atoms with Gasteiger partial charge in [0.05, 0.1) is 0 Å². The molecule has 5 heteroatoms. The summed E-state index contributed by atoms with van der Waals surface area (Å²) in [5.41, 5.74) is 3.79. The molecule has 0 amide bonds. The van der Waals surface area contributed by atoms with Crippen molar-refractivity contribution in [3.63, 3.8) is 0 Å². The predicted molar refractivity (Wildman–Crippen MR) is 54.1 cm³/mol. The molecule has 70 valence electrons. The van der Waals surface area contributed by atoms with Crippen molar-refractivity contribution in [3.05, 3.63) is 17.3 Å². The Bertz CT molecular complexity index is 294. The van der Waals surface area contributed by atoms with Gasteiger partial charge in [-0.3, -0.25) is 5.43 Å². The monoisotopic (exact) mass is 198 g/mol. The average molecular weight is 199 g/mol. The zero-order chi connectivity index (χ0) is 9.68. The van der Waals surface area contributed by atoms with Gasteiger partial charge in [-0.25, -0.2) is 0 Å². The predicted octanol–water partition coefficient (Wildman–Crippen LogP) is 2.33. The second-order valence-electron chi connectivity index (χ2n) is 2.55. The summed E-state index contributed by atoms with van der Waals surface area (Å²) in [5, 5.41) is 11.9. The lowest BCUT2D eigenvalue weighted by atomic mass is 10.3. The molecule has 4 nitrogen and oxygen atoms in total. The van der Waals surface area contributed by atoms with Crippen molar-refractivity contribution < 1.29 is 0 Å². The summed E-state index contributed by atoms with van der Waals surface area (Å²) in [6.07, 6.45) is 0.911. The number of aromatic nitrogens is 2. The van der Waals surface area contributed by atoms with Crippen LogP contribution in [0.3, 0.4) is 0 Å². The third-order valence-corrected chi connectivity index (χ3v) is 1.71. The van der Waals surface area contributed by atoms with Crippen LogP contribution in [0.25, 0.3) is 0 Å². The number of nitrogens with one attached hydrogen (secondary N) is 1. The lowest BCUT2D eigenvalue weighted by Crippen LogP contribution is -1.98. The SMILES string of the molecule is CC/C(C)=N/Nc1ccc(Cl)nn1. The zero-order valence-electron chi connectivity index (χ0n) is 7.58. The van der Waals surface area contributed by atoms with E-state index in [4.69, 9.17) is 11.6 Å². The fourth-order valence-electron chi connectivity index (χ4n) is 0.607. The fourth-order valence-corrected chi connectivity index (χ4v) is 0.708. The van der Waals surface area contributed by atoms with E-state index in [1.165, 1.54) is 0 Å². The highest BCUT2D eigenvalue weighted by molar-refractivity contribution is 6.29. The molecule has 0 aliphatic rings. The van der Waals surface area contributed by atoms with Crippen LogP contribution in [0.15, 0.2) is 17.2 Å². The minimum atomic E-state index is 0.377. The summed E-state index contributed by atoms with van der Waals surface area (Å²) in [6, 6.07) is 3.38. The van der Waals surface area contributed by atoms with Crippen LogP contribution in [0.4, 0.5) is 5.82 Å². The Labute approximate surface area is 82.0 Å². The smallest absolute Gasteiger partial charge is 0.168 e. The molecular weight excluding hydrogens is 188 g/mol. The summed E-state index contributed by atoms with van der Waals surface area (Å²) < 4.78 is 0. The van der Waals surface area contributed by atoms with E-state index in [1.54, 1.807) is 12.1 Å². The van der Waals surface area contributed by atoms with Crippen molar-refractivity contribution >= 4 is 23.1 Å². The molecule has 0 atom stereocenters. The van der Waals surface area contributed by atoms with Crippen LogP contribution in [-0.2, 0) is 0 Å². The fraction of sp³-hybridized carbons (Fsp3) is 0.375. The number of halogens is 1. The van der Waals surface area contributed by atoms with Crippen LogP contribution in [0, 0.1) is 0 Å². The molecule has 0 saturated heterocycles. The van der Waals surface area contributed by atoms with Gasteiger partial charge in [-0.15, -0.1) is 10.2 Å². The number of nitrogens with zero attached hydrogens (tertiary/aromatic N) is 3. The van der Waals surface area contributed by atoms with Gasteiger partial charge in [-0.05, 0) is 25.5 Å². The first kappa shape index (κ1) is 9.92. The molecule has 13 heavy (non-hydrogen) atoms. The van der Waals surface area contributed by atoms with Crippen LogP contribution >= 0.6 is 11.6 Å². The Kier molecular flexibility index (Phi) is 3.64. The van der Waals surface area contributed by atoms with Crippen LogP contribution in [0.2, 0.25) is 5.15 Å². The van der Waals surface area contributed by atoms with Gasteiger partial charge in [0.25, 0.3) is 0 Å². The molecule has 0 aliphatic carbocycles. The molecule has 1 aromatic heterocycles. The van der Waals surface area contributed by atoms with Gasteiger partial charge < -0.3 is 0 Å². The Morgan fingerprint density at radius 1 is 1.54 bits per heavy atom. The van der Waals surface area contributed by atoms with E-state index in [0.717, 1.165) is 12.1 Å². The summed E-state index contributed by atoms with van der Waals surface area (Å²) in [7, 11) is 0. The van der Waals surface area contributed by atoms with Crippen LogP contribution in [0.5, 0.6) is 0 Å². The lowest BCUT2D eigenvalue weighted by Gasteiger charge is -1.98. The Balaban J connectivity index is 2.60. The van der Waals surface area contributed by atoms with E-state index in [0.29, 0.717) is 11.0 Å². The molecule has 0 bridgehead atoms. The van der Waals surface area contributed by atoms with Crippen LogP contribution < -0.4 is 5.43 Å². The quantitative estimate of drug-likeness (QED) is 0.599. The molecule has 1 N–H and O–H groups in total. The second kappa shape index (κ2) is 4.77. The Morgan fingerprint density at radius 2 is 2.31 bits per heavy atom. The average Bonchev–Trinajstić information content (AvgIpc) is 2.16. The van der Waals surface area contributed by atoms with Crippen LogP contribution in [-0.4, -0.2) is 15.9 Å². The first-order valence-electron chi connectivity index (χ1n) is 4.00. The van der Waals surface area contributed by atoms with Crippen molar-refractivity contribution in [3.8, 4) is 0 Å². The van der Waals surface area contributed by atoms with E-state index in [-0.39, 0.29) is 0 Å². The van der Waals surface area contributed by atoms with E-state index in [2.05, 4.69) is 20.7 Å². The van der Waals surface area contributed by atoms with Gasteiger partial charge in [0.1, 0.15) is 0 Å². The van der Waals surface area contributed by atoms with Gasteiger partial charge in [0.15, 0.2) is 11.0 Å². The normalized spacial score (nSPS) is 11.5. The molecule has 0 aromatic carbocycles. The maximum atomic E-state index is 5.56. The summed E-state index contributed by atoms with van der Waals surface area (Å²) in [5.74, 6) is 0.595. The molecule has 0 unspecified atom stereocenters. The van der Waals surface area contributed by atoms with E-state index < -0.39 is 0 Å². The van der Waals surface area contributed by atoms with Gasteiger partial charge in [-0.2, -0.15) is 5.10 Å². The highest BCUT2D eigenvalue weighted by Crippen LogP contribution is 2.05. The van der Waals surface area contributed by atoms with E-state index >= 15 is 0 Å². The molecule has 0 spiro atoms. The number of anilines is 1. The van der Waals surface area contributed by atoms with E-state index in [1.807, 2.05) is 13.8 Å². The number of rotatable bonds is 3. The van der Waals surface area contributed by atoms with Crippen molar-refractivity contribution in [2.24, 2.45) is 5.10 Å². The Morgan fingerprint density at radius 3 is 2.85 bits per heavy atom. The molecule has 1 heterocycles. The van der Waals surface area contributed by atoms with E-state index in [9.17, 15) is 0 Å². The summed E-state index contributed by atoms with van der Waals surface area (Å²) in [6.45, 7) is 3.98. The summed E-state index contributed by atoms with van der Waals surface area (Å²) in [4.78, 5) is 0. The standard InChI is InChI=1S/C8H11ClN4/c1-3-6(2)10-12-8-5-4-7(9)11-13-8/h4-5H,3H2,1-2H3,(H,12,13)/b10-6+. The van der Waals surface area contributed by atoms with Crippen molar-refractivity contribution in [1.29, 1.82) is 0 Å². The largest absolute Gasteiger partial charge is 0.260 e. The third kappa shape index (κ3) is 3.38. The van der Waals surface area contributed by atoms with Crippen molar-refractivity contribution in [2.75, 3.05) is 5.43 Å². The maximum absolute atomic E-state index is 5.56. The van der Waals surface area contributed by atoms with Gasteiger partial charge in [0.2, 0.25) is 0 Å². The number of hydrazone groups is 1. The molecule has 1 rings (SSSR count). The second-order valence-corrected chi connectivity index (χ2v) is 2.94. The van der Waals surface area contributed by atoms with Gasteiger partial charge in [-0.1, -0.05) is 18.5 Å². The Hall–Kier alpha value is -1.16. The van der Waals surface area contributed by atoms with Crippen molar-refractivity contribution in [2.45, 2.75) is 20.3 Å². The molecular formula is C8H11ClN4. The summed E-state index contributed by atoms with van der Waals surface area (Å²) >= 11 is 5.56. The molecule has 0 fully saturated rings. The molecule has 0 aliphatic heterocycles. The van der Waals surface area contributed by atoms with Crippen molar-refractivity contribution in [1.82, 2.24) is 10.2 Å². The van der Waals surface area contributed by atoms with Crippen LogP contribution in [0.1, 0.15) is 20.3 Å². The molecule has 0 radical (unpaired) electrons. The topological polar surface area (TPSA) is 50.2 Å². The number of hydrogen-bond acceptors (Lipinski definition) is 4. The lowest BCUT2D eigenvalue weighted by molar-refractivity contribution is 1.02. The highest BCUT2D eigenvalue weighted by atomic mass is 35.5. The first-order valence-corrected chi connectivity index (χ1v) is 4.38. The molecule has 0 saturated carbocycles. The van der Waals surface area contributed by atoms with Gasteiger partial charge >= 0.3 is 0 Å². The maximum Gasteiger partial charge on any atom is 0.168 e. The minimum Gasteiger partial charge on any atom is -0.260 e. The molecule has 1 aromatic rings. The minimum absolute atomic E-state index is 0.377.